The molecule has 0 saturated carbocycles. The Balaban J connectivity index is 0.00000242. The first-order valence-corrected chi connectivity index (χ1v) is 7.76. The Labute approximate surface area is 145 Å². The topological polar surface area (TPSA) is 64.3 Å². The Morgan fingerprint density at radius 2 is 2.00 bits per heavy atom. The van der Waals surface area contributed by atoms with E-state index in [2.05, 4.69) is 5.32 Å². The lowest BCUT2D eigenvalue weighted by atomic mass is 10.0. The predicted octanol–water partition coefficient (Wildman–Crippen LogP) is 3.00. The highest BCUT2D eigenvalue weighted by Crippen LogP contribution is 2.25. The van der Waals surface area contributed by atoms with Gasteiger partial charge in [0, 0.05) is 12.1 Å². The average molecular weight is 361 g/mol. The summed E-state index contributed by atoms with van der Waals surface area (Å²) in [7, 11) is 1.52. The first-order valence-electron chi connectivity index (χ1n) is 6.44. The van der Waals surface area contributed by atoms with Crippen LogP contribution in [0.1, 0.15) is 17.2 Å². The number of methoxy groups -OCH3 is 1. The number of halogens is 2. The molecule has 1 amide bonds. The van der Waals surface area contributed by atoms with Crippen molar-refractivity contribution in [2.75, 3.05) is 13.7 Å². The Bertz CT molecular complexity index is 576. The largest absolute Gasteiger partial charge is 0.383 e. The van der Waals surface area contributed by atoms with Crippen molar-refractivity contribution in [3.05, 3.63) is 57.2 Å². The van der Waals surface area contributed by atoms with Gasteiger partial charge in [-0.3, -0.25) is 4.79 Å². The second-order valence-corrected chi connectivity index (χ2v) is 5.83. The van der Waals surface area contributed by atoms with Crippen molar-refractivity contribution in [3.63, 3.8) is 0 Å². The molecule has 2 rings (SSSR count). The summed E-state index contributed by atoms with van der Waals surface area (Å²) in [6, 6.07) is 8.44. The minimum Gasteiger partial charge on any atom is -0.383 e. The van der Waals surface area contributed by atoms with E-state index in [4.69, 9.17) is 22.1 Å². The molecule has 1 heterocycles. The summed E-state index contributed by atoms with van der Waals surface area (Å²) in [5.41, 5.74) is 7.74. The van der Waals surface area contributed by atoms with Crippen molar-refractivity contribution in [3.8, 4) is 0 Å². The maximum absolute atomic E-state index is 12.1. The van der Waals surface area contributed by atoms with Crippen molar-refractivity contribution < 1.29 is 9.53 Å². The third-order valence-electron chi connectivity index (χ3n) is 3.05. The van der Waals surface area contributed by atoms with Gasteiger partial charge in [-0.05, 0) is 40.1 Å². The molecule has 0 bridgehead atoms. The quantitative estimate of drug-likeness (QED) is 0.831. The number of nitrogens with one attached hydrogen (secondary N) is 1. The van der Waals surface area contributed by atoms with E-state index in [0.717, 1.165) is 11.1 Å². The lowest BCUT2D eigenvalue weighted by Gasteiger charge is -2.21. The fourth-order valence-electron chi connectivity index (χ4n) is 1.96. The molecule has 2 atom stereocenters. The van der Waals surface area contributed by atoms with E-state index in [1.807, 2.05) is 29.0 Å². The number of thiophene rings is 1. The van der Waals surface area contributed by atoms with Gasteiger partial charge in [0.2, 0.25) is 5.91 Å². The Kier molecular flexibility index (Phi) is 7.85. The van der Waals surface area contributed by atoms with Crippen LogP contribution in [-0.2, 0) is 9.53 Å². The number of carbonyl (C=O) groups excluding carboxylic acids is 1. The molecule has 4 nitrogen and oxygen atoms in total. The standard InChI is InChI=1S/C15H17ClN2O2S.ClH/c1-20-8-13(17)15(19)18-14(11-6-7-21-9-11)10-2-4-12(16)5-3-10;/h2-7,9,13-14H,8,17H2,1H3,(H,18,19);1H. The van der Waals surface area contributed by atoms with E-state index in [1.54, 1.807) is 23.5 Å². The molecule has 7 heteroatoms. The maximum atomic E-state index is 12.1. The van der Waals surface area contributed by atoms with Gasteiger partial charge >= 0.3 is 0 Å². The van der Waals surface area contributed by atoms with E-state index >= 15 is 0 Å². The highest BCUT2D eigenvalue weighted by atomic mass is 35.5. The molecule has 120 valence electrons. The summed E-state index contributed by atoms with van der Waals surface area (Å²) in [4.78, 5) is 12.1. The number of benzene rings is 1. The van der Waals surface area contributed by atoms with Gasteiger partial charge in [-0.15, -0.1) is 12.4 Å². The van der Waals surface area contributed by atoms with Crippen LogP contribution in [0.5, 0.6) is 0 Å². The zero-order valence-corrected chi connectivity index (χ0v) is 14.4. The lowest BCUT2D eigenvalue weighted by molar-refractivity contribution is -0.123. The van der Waals surface area contributed by atoms with Gasteiger partial charge in [-0.2, -0.15) is 11.3 Å². The van der Waals surface area contributed by atoms with E-state index < -0.39 is 6.04 Å². The minimum atomic E-state index is -0.691. The summed E-state index contributed by atoms with van der Waals surface area (Å²) >= 11 is 7.50. The molecule has 0 aliphatic carbocycles. The van der Waals surface area contributed by atoms with Crippen LogP contribution in [-0.4, -0.2) is 25.7 Å². The first-order chi connectivity index (χ1) is 10.1. The van der Waals surface area contributed by atoms with Crippen LogP contribution >= 0.6 is 35.3 Å². The van der Waals surface area contributed by atoms with Gasteiger partial charge in [-0.1, -0.05) is 23.7 Å². The van der Waals surface area contributed by atoms with E-state index in [0.29, 0.717) is 5.02 Å². The molecule has 0 fully saturated rings. The number of hydrogen-bond donors (Lipinski definition) is 2. The van der Waals surface area contributed by atoms with Crippen molar-refractivity contribution in [1.29, 1.82) is 0 Å². The summed E-state index contributed by atoms with van der Waals surface area (Å²) < 4.78 is 4.92. The maximum Gasteiger partial charge on any atom is 0.240 e. The molecule has 0 aliphatic heterocycles. The fourth-order valence-corrected chi connectivity index (χ4v) is 2.77. The Morgan fingerprint density at radius 3 is 2.55 bits per heavy atom. The number of carbonyl (C=O) groups is 1. The van der Waals surface area contributed by atoms with Crippen molar-refractivity contribution in [1.82, 2.24) is 5.32 Å². The molecular formula is C15H18Cl2N2O2S. The SMILES string of the molecule is COCC(N)C(=O)NC(c1ccc(Cl)cc1)c1ccsc1.Cl. The van der Waals surface area contributed by atoms with E-state index in [9.17, 15) is 4.79 Å². The molecule has 0 saturated heterocycles. The second kappa shape index (κ2) is 9.12. The van der Waals surface area contributed by atoms with E-state index in [-0.39, 0.29) is 31.0 Å². The molecule has 1 aromatic carbocycles. The highest BCUT2D eigenvalue weighted by Gasteiger charge is 2.21. The fraction of sp³-hybridized carbons (Fsp3) is 0.267. The van der Waals surface area contributed by atoms with E-state index in [1.165, 1.54) is 7.11 Å². The van der Waals surface area contributed by atoms with Gasteiger partial charge in [0.15, 0.2) is 0 Å². The Hall–Kier alpha value is -1.11. The zero-order chi connectivity index (χ0) is 15.2. The molecule has 2 unspecified atom stereocenters. The van der Waals surface area contributed by atoms with Crippen molar-refractivity contribution in [2.45, 2.75) is 12.1 Å². The van der Waals surface area contributed by atoms with Crippen LogP contribution in [0.2, 0.25) is 5.02 Å². The molecular weight excluding hydrogens is 343 g/mol. The number of hydrogen-bond acceptors (Lipinski definition) is 4. The Morgan fingerprint density at radius 1 is 1.32 bits per heavy atom. The van der Waals surface area contributed by atoms with Gasteiger partial charge in [-0.25, -0.2) is 0 Å². The van der Waals surface area contributed by atoms with Crippen molar-refractivity contribution in [2.24, 2.45) is 5.73 Å². The first kappa shape index (κ1) is 18.9. The van der Waals surface area contributed by atoms with Crippen LogP contribution in [0.4, 0.5) is 0 Å². The van der Waals surface area contributed by atoms with Crippen LogP contribution in [0.3, 0.4) is 0 Å². The summed E-state index contributed by atoms with van der Waals surface area (Å²) in [5, 5.41) is 7.59. The monoisotopic (exact) mass is 360 g/mol. The summed E-state index contributed by atoms with van der Waals surface area (Å²) in [5.74, 6) is -0.247. The predicted molar refractivity (Wildman–Crippen MR) is 92.9 cm³/mol. The molecule has 0 spiro atoms. The molecule has 1 aromatic heterocycles. The number of amides is 1. The van der Waals surface area contributed by atoms with Crippen LogP contribution in [0, 0.1) is 0 Å². The van der Waals surface area contributed by atoms with Gasteiger partial charge in [0.05, 0.1) is 12.6 Å². The van der Waals surface area contributed by atoms with Gasteiger partial charge < -0.3 is 15.8 Å². The normalized spacial score (nSPS) is 13.0. The minimum absolute atomic E-state index is 0. The van der Waals surface area contributed by atoms with Gasteiger partial charge in [0.25, 0.3) is 0 Å². The molecule has 22 heavy (non-hydrogen) atoms. The van der Waals surface area contributed by atoms with Gasteiger partial charge in [0.1, 0.15) is 6.04 Å². The molecule has 0 radical (unpaired) electrons. The number of nitrogens with two attached hydrogens (primary N) is 1. The lowest BCUT2D eigenvalue weighted by Crippen LogP contribution is -2.44. The second-order valence-electron chi connectivity index (χ2n) is 4.61. The summed E-state index contributed by atoms with van der Waals surface area (Å²) in [6.45, 7) is 0.183. The number of ether oxygens (including phenoxy) is 1. The number of rotatable bonds is 6. The van der Waals surface area contributed by atoms with Crippen LogP contribution in [0.25, 0.3) is 0 Å². The molecule has 2 aromatic rings. The third kappa shape index (κ3) is 4.97. The van der Waals surface area contributed by atoms with Crippen molar-refractivity contribution >= 4 is 41.3 Å². The average Bonchev–Trinajstić information content (AvgIpc) is 3.00. The summed E-state index contributed by atoms with van der Waals surface area (Å²) in [6.07, 6.45) is 0. The molecule has 0 aliphatic rings. The zero-order valence-electron chi connectivity index (χ0n) is 12.0. The molecule has 3 N–H and O–H groups in total. The third-order valence-corrected chi connectivity index (χ3v) is 4.00. The van der Waals surface area contributed by atoms with Crippen LogP contribution in [0.15, 0.2) is 41.1 Å². The van der Waals surface area contributed by atoms with Crippen LogP contribution < -0.4 is 11.1 Å². The smallest absolute Gasteiger partial charge is 0.240 e. The highest BCUT2D eigenvalue weighted by molar-refractivity contribution is 7.08.